The van der Waals surface area contributed by atoms with Crippen LogP contribution in [0.1, 0.15) is 10.4 Å². The normalized spacial score (nSPS) is 21.2. The van der Waals surface area contributed by atoms with Crippen LogP contribution in [0.3, 0.4) is 0 Å². The standard InChI is InChI=1S/C13H17FN4O/c14-12-9-15-2-1-11(12)13(19)18-5-3-17(4-6-18)10-7-16-8-10/h1-2,9-10,16H,3-8H2. The Balaban J connectivity index is 1.62. The van der Waals surface area contributed by atoms with Crippen LogP contribution in [0.4, 0.5) is 4.39 Å². The monoisotopic (exact) mass is 264 g/mol. The Hall–Kier alpha value is -1.53. The fourth-order valence-electron chi connectivity index (χ4n) is 2.54. The highest BCUT2D eigenvalue weighted by Gasteiger charge is 2.30. The van der Waals surface area contributed by atoms with Crippen molar-refractivity contribution in [3.8, 4) is 0 Å². The molecular formula is C13H17FN4O. The molecule has 19 heavy (non-hydrogen) atoms. The molecule has 1 aromatic heterocycles. The second-order valence-electron chi connectivity index (χ2n) is 5.00. The predicted octanol–water partition coefficient (Wildman–Crippen LogP) is -0.0497. The topological polar surface area (TPSA) is 48.5 Å². The van der Waals surface area contributed by atoms with Crippen LogP contribution in [0.5, 0.6) is 0 Å². The molecule has 1 amide bonds. The van der Waals surface area contributed by atoms with Crippen molar-refractivity contribution >= 4 is 5.91 Å². The molecule has 0 unspecified atom stereocenters. The number of hydrogen-bond acceptors (Lipinski definition) is 4. The van der Waals surface area contributed by atoms with Gasteiger partial charge in [-0.1, -0.05) is 0 Å². The molecule has 0 aromatic carbocycles. The van der Waals surface area contributed by atoms with Gasteiger partial charge in [0.15, 0.2) is 5.82 Å². The molecule has 3 heterocycles. The van der Waals surface area contributed by atoms with Crippen molar-refractivity contribution in [2.45, 2.75) is 6.04 Å². The summed E-state index contributed by atoms with van der Waals surface area (Å²) < 4.78 is 13.5. The van der Waals surface area contributed by atoms with Gasteiger partial charge in [0.2, 0.25) is 0 Å². The molecule has 0 aliphatic carbocycles. The number of hydrogen-bond donors (Lipinski definition) is 1. The van der Waals surface area contributed by atoms with E-state index >= 15 is 0 Å². The quantitative estimate of drug-likeness (QED) is 0.813. The van der Waals surface area contributed by atoms with Crippen molar-refractivity contribution in [1.82, 2.24) is 20.1 Å². The predicted molar refractivity (Wildman–Crippen MR) is 68.3 cm³/mol. The van der Waals surface area contributed by atoms with Gasteiger partial charge >= 0.3 is 0 Å². The molecular weight excluding hydrogens is 247 g/mol. The highest BCUT2D eigenvalue weighted by Crippen LogP contribution is 2.13. The minimum atomic E-state index is -0.543. The molecule has 0 radical (unpaired) electrons. The van der Waals surface area contributed by atoms with Gasteiger partial charge in [-0.05, 0) is 6.07 Å². The summed E-state index contributed by atoms with van der Waals surface area (Å²) in [5.41, 5.74) is 0.119. The lowest BCUT2D eigenvalue weighted by atomic mass is 10.1. The van der Waals surface area contributed by atoms with Crippen LogP contribution in [0.25, 0.3) is 0 Å². The van der Waals surface area contributed by atoms with Gasteiger partial charge in [0.25, 0.3) is 5.91 Å². The van der Waals surface area contributed by atoms with E-state index in [0.717, 1.165) is 32.4 Å². The number of pyridine rings is 1. The molecule has 5 nitrogen and oxygen atoms in total. The average Bonchev–Trinajstić information content (AvgIpc) is 2.37. The Morgan fingerprint density at radius 2 is 2.05 bits per heavy atom. The Kier molecular flexibility index (Phi) is 3.44. The number of halogens is 1. The maximum atomic E-state index is 13.5. The number of carbonyl (C=O) groups is 1. The molecule has 0 spiro atoms. The molecule has 0 saturated carbocycles. The third-order valence-corrected chi connectivity index (χ3v) is 3.88. The molecule has 2 aliphatic heterocycles. The zero-order valence-corrected chi connectivity index (χ0v) is 10.7. The minimum absolute atomic E-state index is 0.119. The average molecular weight is 264 g/mol. The summed E-state index contributed by atoms with van der Waals surface area (Å²) in [6.45, 7) is 5.13. The van der Waals surface area contributed by atoms with Gasteiger partial charge in [-0.3, -0.25) is 14.7 Å². The second-order valence-corrected chi connectivity index (χ2v) is 5.00. The lowest BCUT2D eigenvalue weighted by Crippen LogP contribution is -2.62. The van der Waals surface area contributed by atoms with Crippen molar-refractivity contribution < 1.29 is 9.18 Å². The zero-order chi connectivity index (χ0) is 13.2. The summed E-state index contributed by atoms with van der Waals surface area (Å²) in [5.74, 6) is -0.774. The lowest BCUT2D eigenvalue weighted by Gasteiger charge is -2.43. The van der Waals surface area contributed by atoms with Crippen LogP contribution in [0.15, 0.2) is 18.5 Å². The van der Waals surface area contributed by atoms with Crippen molar-refractivity contribution in [1.29, 1.82) is 0 Å². The fraction of sp³-hybridized carbons (Fsp3) is 0.538. The first kappa shape index (κ1) is 12.5. The van der Waals surface area contributed by atoms with Gasteiger partial charge in [0, 0.05) is 51.5 Å². The van der Waals surface area contributed by atoms with E-state index in [2.05, 4.69) is 15.2 Å². The number of carbonyl (C=O) groups excluding carboxylic acids is 1. The van der Waals surface area contributed by atoms with Crippen molar-refractivity contribution in [3.05, 3.63) is 29.8 Å². The highest BCUT2D eigenvalue weighted by atomic mass is 19.1. The van der Waals surface area contributed by atoms with Crippen LogP contribution in [0.2, 0.25) is 0 Å². The van der Waals surface area contributed by atoms with Crippen molar-refractivity contribution in [2.75, 3.05) is 39.3 Å². The molecule has 3 rings (SSSR count). The third-order valence-electron chi connectivity index (χ3n) is 3.88. The minimum Gasteiger partial charge on any atom is -0.336 e. The van der Waals surface area contributed by atoms with Gasteiger partial charge in [0.1, 0.15) is 0 Å². The third kappa shape index (κ3) is 2.46. The molecule has 102 valence electrons. The summed E-state index contributed by atoms with van der Waals surface area (Å²) in [7, 11) is 0. The van der Waals surface area contributed by atoms with Crippen LogP contribution >= 0.6 is 0 Å². The van der Waals surface area contributed by atoms with E-state index in [0.29, 0.717) is 19.1 Å². The van der Waals surface area contributed by atoms with E-state index < -0.39 is 5.82 Å². The first-order valence-electron chi connectivity index (χ1n) is 6.59. The fourth-order valence-corrected chi connectivity index (χ4v) is 2.54. The molecule has 0 bridgehead atoms. The van der Waals surface area contributed by atoms with Gasteiger partial charge in [-0.15, -0.1) is 0 Å². The van der Waals surface area contributed by atoms with E-state index in [1.165, 1.54) is 12.3 Å². The summed E-state index contributed by atoms with van der Waals surface area (Å²) in [6.07, 6.45) is 2.54. The van der Waals surface area contributed by atoms with Crippen LogP contribution < -0.4 is 5.32 Å². The zero-order valence-electron chi connectivity index (χ0n) is 10.7. The Labute approximate surface area is 111 Å². The van der Waals surface area contributed by atoms with Gasteiger partial charge in [-0.2, -0.15) is 0 Å². The largest absolute Gasteiger partial charge is 0.336 e. The van der Waals surface area contributed by atoms with E-state index in [9.17, 15) is 9.18 Å². The first-order valence-corrected chi connectivity index (χ1v) is 6.59. The van der Waals surface area contributed by atoms with Gasteiger partial charge in [0.05, 0.1) is 11.8 Å². The van der Waals surface area contributed by atoms with Crippen LogP contribution in [-0.2, 0) is 0 Å². The van der Waals surface area contributed by atoms with Crippen LogP contribution in [0, 0.1) is 5.82 Å². The summed E-state index contributed by atoms with van der Waals surface area (Å²) in [5, 5.41) is 3.25. The Morgan fingerprint density at radius 3 is 2.63 bits per heavy atom. The Bertz CT molecular complexity index is 469. The molecule has 1 N–H and O–H groups in total. The molecule has 0 atom stereocenters. The number of amides is 1. The first-order chi connectivity index (χ1) is 9.25. The van der Waals surface area contributed by atoms with Gasteiger partial charge < -0.3 is 10.2 Å². The lowest BCUT2D eigenvalue weighted by molar-refractivity contribution is 0.0498. The second kappa shape index (κ2) is 5.22. The van der Waals surface area contributed by atoms with E-state index in [-0.39, 0.29) is 11.5 Å². The highest BCUT2D eigenvalue weighted by molar-refractivity contribution is 5.94. The summed E-state index contributed by atoms with van der Waals surface area (Å²) >= 11 is 0. The number of nitrogens with one attached hydrogen (secondary N) is 1. The van der Waals surface area contributed by atoms with E-state index in [4.69, 9.17) is 0 Å². The molecule has 1 aromatic rings. The molecule has 2 aliphatic rings. The number of nitrogens with zero attached hydrogens (tertiary/aromatic N) is 3. The van der Waals surface area contributed by atoms with E-state index in [1.54, 1.807) is 4.90 Å². The summed E-state index contributed by atoms with van der Waals surface area (Å²) in [6, 6.07) is 2.05. The molecule has 6 heteroatoms. The van der Waals surface area contributed by atoms with Gasteiger partial charge in [-0.25, -0.2) is 4.39 Å². The van der Waals surface area contributed by atoms with Crippen molar-refractivity contribution in [2.24, 2.45) is 0 Å². The maximum absolute atomic E-state index is 13.5. The SMILES string of the molecule is O=C(c1ccncc1F)N1CCN(C2CNC2)CC1. The number of piperazine rings is 1. The summed E-state index contributed by atoms with van der Waals surface area (Å²) in [4.78, 5) is 20.0. The number of aromatic nitrogens is 1. The molecule has 2 saturated heterocycles. The van der Waals surface area contributed by atoms with Crippen molar-refractivity contribution in [3.63, 3.8) is 0 Å². The van der Waals surface area contributed by atoms with Crippen LogP contribution in [-0.4, -0.2) is 66.0 Å². The number of rotatable bonds is 2. The smallest absolute Gasteiger partial charge is 0.257 e. The maximum Gasteiger partial charge on any atom is 0.257 e. The Morgan fingerprint density at radius 1 is 1.32 bits per heavy atom. The van der Waals surface area contributed by atoms with E-state index in [1.807, 2.05) is 0 Å². The molecule has 2 fully saturated rings.